The van der Waals surface area contributed by atoms with Crippen molar-refractivity contribution >= 4 is 23.4 Å². The summed E-state index contributed by atoms with van der Waals surface area (Å²) in [6.45, 7) is 2.04. The Morgan fingerprint density at radius 1 is 1.13 bits per heavy atom. The summed E-state index contributed by atoms with van der Waals surface area (Å²) in [6, 6.07) is 11.7. The van der Waals surface area contributed by atoms with E-state index in [-0.39, 0.29) is 24.1 Å². The molecule has 5 nitrogen and oxygen atoms in total. The molecule has 1 fully saturated rings. The largest absolute Gasteiger partial charge is 0.416 e. The highest BCUT2D eigenvalue weighted by molar-refractivity contribution is 6.30. The van der Waals surface area contributed by atoms with Crippen molar-refractivity contribution in [2.45, 2.75) is 31.6 Å². The first-order valence-electron chi connectivity index (χ1n) is 9.92. The third kappa shape index (κ3) is 6.97. The van der Waals surface area contributed by atoms with Gasteiger partial charge >= 0.3 is 6.18 Å². The lowest BCUT2D eigenvalue weighted by molar-refractivity contribution is -0.137. The maximum atomic E-state index is 12.8. The predicted octanol–water partition coefficient (Wildman–Crippen LogP) is 3.87. The molecular weight excluding hydrogens is 431 g/mol. The molecule has 3 rings (SSSR count). The van der Waals surface area contributed by atoms with Crippen LogP contribution in [0.25, 0.3) is 0 Å². The van der Waals surface area contributed by atoms with Gasteiger partial charge in [0.2, 0.25) is 5.91 Å². The molecule has 1 aliphatic heterocycles. The van der Waals surface area contributed by atoms with Gasteiger partial charge in [0, 0.05) is 29.7 Å². The standard InChI is InChI=1S/C22H23ClF3N3O2/c23-18-8-6-15(7-9-18)13-29-10-2-5-19(14-29)28-20(30)12-27-21(31)16-3-1-4-17(11-16)22(24,25)26/h1,3-4,6-9,11,19H,2,5,10,12-14H2,(H,27,31)(H,28,30). The van der Waals surface area contributed by atoms with Crippen molar-refractivity contribution in [3.05, 3.63) is 70.2 Å². The SMILES string of the molecule is O=C(CNC(=O)c1cccc(C(F)(F)F)c1)NC1CCCN(Cc2ccc(Cl)cc2)C1. The van der Waals surface area contributed by atoms with E-state index in [4.69, 9.17) is 11.6 Å². The van der Waals surface area contributed by atoms with Crippen LogP contribution < -0.4 is 10.6 Å². The van der Waals surface area contributed by atoms with Crippen molar-refractivity contribution in [3.63, 3.8) is 0 Å². The maximum absolute atomic E-state index is 12.8. The Bertz CT molecular complexity index is 919. The van der Waals surface area contributed by atoms with Crippen LogP contribution in [0.3, 0.4) is 0 Å². The van der Waals surface area contributed by atoms with Crippen LogP contribution in [0.1, 0.15) is 34.3 Å². The zero-order chi connectivity index (χ0) is 22.4. The first-order valence-corrected chi connectivity index (χ1v) is 10.3. The van der Waals surface area contributed by atoms with Gasteiger partial charge in [-0.2, -0.15) is 13.2 Å². The quantitative estimate of drug-likeness (QED) is 0.698. The lowest BCUT2D eigenvalue weighted by Gasteiger charge is -2.33. The number of benzene rings is 2. The van der Waals surface area contributed by atoms with Crippen molar-refractivity contribution in [2.24, 2.45) is 0 Å². The van der Waals surface area contributed by atoms with Crippen molar-refractivity contribution in [1.82, 2.24) is 15.5 Å². The molecule has 1 heterocycles. The van der Waals surface area contributed by atoms with Crippen molar-refractivity contribution in [3.8, 4) is 0 Å². The lowest BCUT2D eigenvalue weighted by Crippen LogP contribution is -2.49. The summed E-state index contributed by atoms with van der Waals surface area (Å²) < 4.78 is 38.4. The zero-order valence-corrected chi connectivity index (χ0v) is 17.5. The fourth-order valence-electron chi connectivity index (χ4n) is 3.54. The van der Waals surface area contributed by atoms with Crippen LogP contribution in [0.5, 0.6) is 0 Å². The van der Waals surface area contributed by atoms with Crippen LogP contribution >= 0.6 is 11.6 Å². The van der Waals surface area contributed by atoms with Crippen molar-refractivity contribution in [2.75, 3.05) is 19.6 Å². The molecule has 2 aromatic carbocycles. The van der Waals surface area contributed by atoms with Gasteiger partial charge in [-0.15, -0.1) is 0 Å². The summed E-state index contributed by atoms with van der Waals surface area (Å²) in [6.07, 6.45) is -2.79. The molecule has 0 aromatic heterocycles. The van der Waals surface area contributed by atoms with E-state index in [9.17, 15) is 22.8 Å². The van der Waals surface area contributed by atoms with Crippen LogP contribution in [-0.2, 0) is 17.5 Å². The Balaban J connectivity index is 1.47. The van der Waals surface area contributed by atoms with E-state index in [1.807, 2.05) is 24.3 Å². The zero-order valence-electron chi connectivity index (χ0n) is 16.7. The number of nitrogens with one attached hydrogen (secondary N) is 2. The second-order valence-corrected chi connectivity index (χ2v) is 7.97. The summed E-state index contributed by atoms with van der Waals surface area (Å²) in [4.78, 5) is 26.6. The van der Waals surface area contributed by atoms with Gasteiger partial charge in [0.05, 0.1) is 12.1 Å². The summed E-state index contributed by atoms with van der Waals surface area (Å²) in [5.74, 6) is -1.10. The molecule has 9 heteroatoms. The van der Waals surface area contributed by atoms with Gasteiger partial charge in [0.15, 0.2) is 0 Å². The van der Waals surface area contributed by atoms with E-state index >= 15 is 0 Å². The molecule has 2 amide bonds. The lowest BCUT2D eigenvalue weighted by atomic mass is 10.0. The smallest absolute Gasteiger partial charge is 0.351 e. The summed E-state index contributed by atoms with van der Waals surface area (Å²) >= 11 is 5.91. The molecular formula is C22H23ClF3N3O2. The van der Waals surface area contributed by atoms with Gasteiger partial charge < -0.3 is 10.6 Å². The molecule has 0 saturated carbocycles. The third-order valence-corrected chi connectivity index (χ3v) is 5.30. The molecule has 0 aliphatic carbocycles. The van der Waals surface area contributed by atoms with Gasteiger partial charge in [-0.3, -0.25) is 14.5 Å². The van der Waals surface area contributed by atoms with E-state index in [1.54, 1.807) is 0 Å². The van der Waals surface area contributed by atoms with E-state index in [0.29, 0.717) is 11.6 Å². The molecule has 31 heavy (non-hydrogen) atoms. The number of halogens is 4. The van der Waals surface area contributed by atoms with Gasteiger partial charge in [0.1, 0.15) is 0 Å². The molecule has 2 N–H and O–H groups in total. The summed E-state index contributed by atoms with van der Waals surface area (Å²) in [7, 11) is 0. The van der Waals surface area contributed by atoms with Crippen LogP contribution in [0.4, 0.5) is 13.2 Å². The van der Waals surface area contributed by atoms with Crippen LogP contribution in [0.2, 0.25) is 5.02 Å². The number of hydrogen-bond donors (Lipinski definition) is 2. The summed E-state index contributed by atoms with van der Waals surface area (Å²) in [5.41, 5.74) is 0.0757. The highest BCUT2D eigenvalue weighted by Crippen LogP contribution is 2.29. The molecule has 1 atom stereocenters. The van der Waals surface area contributed by atoms with Crippen LogP contribution in [-0.4, -0.2) is 42.4 Å². The van der Waals surface area contributed by atoms with Gasteiger partial charge in [-0.1, -0.05) is 29.8 Å². The Morgan fingerprint density at radius 3 is 2.58 bits per heavy atom. The van der Waals surface area contributed by atoms with E-state index in [2.05, 4.69) is 15.5 Å². The molecule has 0 bridgehead atoms. The summed E-state index contributed by atoms with van der Waals surface area (Å²) in [5, 5.41) is 5.95. The minimum absolute atomic E-state index is 0.0565. The number of nitrogens with zero attached hydrogens (tertiary/aromatic N) is 1. The van der Waals surface area contributed by atoms with E-state index in [1.165, 1.54) is 6.07 Å². The predicted molar refractivity (Wildman–Crippen MR) is 112 cm³/mol. The Morgan fingerprint density at radius 2 is 1.87 bits per heavy atom. The Hall–Kier alpha value is -2.58. The number of carbonyl (C=O) groups excluding carboxylic acids is 2. The highest BCUT2D eigenvalue weighted by Gasteiger charge is 2.31. The van der Waals surface area contributed by atoms with Gasteiger partial charge in [-0.05, 0) is 55.3 Å². The highest BCUT2D eigenvalue weighted by atomic mass is 35.5. The van der Waals surface area contributed by atoms with Gasteiger partial charge in [-0.25, -0.2) is 0 Å². The average Bonchev–Trinajstić information content (AvgIpc) is 2.73. The normalized spacial score (nSPS) is 17.2. The minimum Gasteiger partial charge on any atom is -0.351 e. The molecule has 1 unspecified atom stereocenters. The fourth-order valence-corrected chi connectivity index (χ4v) is 3.67. The Labute approximate surface area is 183 Å². The molecule has 0 spiro atoms. The number of carbonyl (C=O) groups is 2. The second kappa shape index (κ2) is 10.2. The van der Waals surface area contributed by atoms with Crippen molar-refractivity contribution in [1.29, 1.82) is 0 Å². The number of alkyl halides is 3. The van der Waals surface area contributed by atoms with Crippen LogP contribution in [0.15, 0.2) is 48.5 Å². The average molecular weight is 454 g/mol. The third-order valence-electron chi connectivity index (χ3n) is 5.05. The number of hydrogen-bond acceptors (Lipinski definition) is 3. The number of piperidine rings is 1. The maximum Gasteiger partial charge on any atom is 0.416 e. The first kappa shape index (κ1) is 23.1. The molecule has 1 saturated heterocycles. The van der Waals surface area contributed by atoms with E-state index < -0.39 is 17.6 Å². The molecule has 166 valence electrons. The number of rotatable bonds is 6. The first-order chi connectivity index (χ1) is 14.7. The minimum atomic E-state index is -4.54. The second-order valence-electron chi connectivity index (χ2n) is 7.53. The Kier molecular flexibility index (Phi) is 7.56. The van der Waals surface area contributed by atoms with Crippen molar-refractivity contribution < 1.29 is 22.8 Å². The van der Waals surface area contributed by atoms with Crippen LogP contribution in [0, 0.1) is 0 Å². The fraction of sp³-hybridized carbons (Fsp3) is 0.364. The number of amides is 2. The number of likely N-dealkylation sites (tertiary alicyclic amines) is 1. The molecule has 0 radical (unpaired) electrons. The van der Waals surface area contributed by atoms with E-state index in [0.717, 1.165) is 49.7 Å². The molecule has 2 aromatic rings. The monoisotopic (exact) mass is 453 g/mol. The molecule has 1 aliphatic rings. The van der Waals surface area contributed by atoms with Gasteiger partial charge in [0.25, 0.3) is 5.91 Å². The topological polar surface area (TPSA) is 61.4 Å².